The number of rotatable bonds is 6. The second-order valence-corrected chi connectivity index (χ2v) is 7.20. The number of primary amides is 1. The molecule has 0 fully saturated rings. The number of aromatic nitrogens is 1. The van der Waals surface area contributed by atoms with Gasteiger partial charge in [-0.2, -0.15) is 13.2 Å². The lowest BCUT2D eigenvalue weighted by Crippen LogP contribution is -2.19. The van der Waals surface area contributed by atoms with E-state index in [0.29, 0.717) is 12.1 Å². The van der Waals surface area contributed by atoms with Crippen LogP contribution in [0.4, 0.5) is 36.4 Å². The van der Waals surface area contributed by atoms with Gasteiger partial charge in [0.2, 0.25) is 0 Å². The highest BCUT2D eigenvalue weighted by molar-refractivity contribution is 6.32. The standard InChI is InChI=1S/C21H11ClF7N3O4/c22-12-8-10(1-3-14(12)36-21(27,28)29)35-15-4-2-11(20(24,25)26)17(23)16(15)19(34)32-9-5-6-31-13(7-9)18(30)33/h1-8H,(H2,30,33)(H,31,32,34). The lowest BCUT2D eigenvalue weighted by Gasteiger charge is -2.17. The fraction of sp³-hybridized carbons (Fsp3) is 0.0952. The molecule has 0 radical (unpaired) electrons. The summed E-state index contributed by atoms with van der Waals surface area (Å²) in [5.41, 5.74) is 1.62. The maximum atomic E-state index is 14.9. The molecule has 7 nitrogen and oxygen atoms in total. The van der Waals surface area contributed by atoms with Crippen LogP contribution in [0.1, 0.15) is 26.4 Å². The number of nitrogens with zero attached hydrogens (tertiary/aromatic N) is 1. The summed E-state index contributed by atoms with van der Waals surface area (Å²) in [7, 11) is 0. The van der Waals surface area contributed by atoms with Gasteiger partial charge in [-0.3, -0.25) is 14.6 Å². The lowest BCUT2D eigenvalue weighted by molar-refractivity contribution is -0.274. The highest BCUT2D eigenvalue weighted by Crippen LogP contribution is 2.39. The zero-order valence-electron chi connectivity index (χ0n) is 17.3. The smallest absolute Gasteiger partial charge is 0.456 e. The van der Waals surface area contributed by atoms with Crippen molar-refractivity contribution < 1.29 is 49.8 Å². The number of carbonyl (C=O) groups excluding carboxylic acids is 2. The van der Waals surface area contributed by atoms with Gasteiger partial charge in [-0.05, 0) is 36.4 Å². The highest BCUT2D eigenvalue weighted by Gasteiger charge is 2.37. The molecular formula is C21H11ClF7N3O4. The molecule has 0 aliphatic rings. The first-order valence-electron chi connectivity index (χ1n) is 9.36. The van der Waals surface area contributed by atoms with E-state index in [1.54, 1.807) is 0 Å². The molecule has 190 valence electrons. The van der Waals surface area contributed by atoms with Gasteiger partial charge in [0.25, 0.3) is 11.8 Å². The van der Waals surface area contributed by atoms with Crippen molar-refractivity contribution in [2.45, 2.75) is 12.5 Å². The number of halogens is 8. The van der Waals surface area contributed by atoms with Gasteiger partial charge in [0.15, 0.2) is 5.82 Å². The van der Waals surface area contributed by atoms with Crippen LogP contribution < -0.4 is 20.5 Å². The van der Waals surface area contributed by atoms with Crippen molar-refractivity contribution in [3.63, 3.8) is 0 Å². The molecule has 0 spiro atoms. The third-order valence-corrected chi connectivity index (χ3v) is 4.56. The van der Waals surface area contributed by atoms with E-state index in [0.717, 1.165) is 36.5 Å². The molecule has 0 bridgehead atoms. The average molecular weight is 538 g/mol. The topological polar surface area (TPSA) is 104 Å². The summed E-state index contributed by atoms with van der Waals surface area (Å²) in [6.45, 7) is 0. The molecule has 0 aliphatic heterocycles. The lowest BCUT2D eigenvalue weighted by atomic mass is 10.1. The predicted molar refractivity (Wildman–Crippen MR) is 110 cm³/mol. The van der Waals surface area contributed by atoms with Gasteiger partial charge in [0.05, 0.1) is 10.6 Å². The molecule has 1 heterocycles. The fourth-order valence-electron chi connectivity index (χ4n) is 2.79. The normalized spacial score (nSPS) is 11.7. The number of hydrogen-bond acceptors (Lipinski definition) is 5. The summed E-state index contributed by atoms with van der Waals surface area (Å²) in [5.74, 6) is -6.29. The van der Waals surface area contributed by atoms with E-state index in [2.05, 4.69) is 15.0 Å². The molecule has 3 rings (SSSR count). The number of nitrogens with one attached hydrogen (secondary N) is 1. The van der Waals surface area contributed by atoms with Gasteiger partial charge in [-0.1, -0.05) is 11.6 Å². The molecule has 2 amide bonds. The van der Waals surface area contributed by atoms with Gasteiger partial charge < -0.3 is 20.5 Å². The number of benzene rings is 2. The molecular weight excluding hydrogens is 527 g/mol. The fourth-order valence-corrected chi connectivity index (χ4v) is 3.00. The van der Waals surface area contributed by atoms with Gasteiger partial charge in [0, 0.05) is 18.0 Å². The molecule has 36 heavy (non-hydrogen) atoms. The van der Waals surface area contributed by atoms with Crippen LogP contribution in [-0.4, -0.2) is 23.2 Å². The van der Waals surface area contributed by atoms with Crippen molar-refractivity contribution in [3.05, 3.63) is 76.3 Å². The second kappa shape index (κ2) is 9.89. The van der Waals surface area contributed by atoms with Crippen molar-refractivity contribution >= 4 is 29.1 Å². The highest BCUT2D eigenvalue weighted by atomic mass is 35.5. The molecule has 0 unspecified atom stereocenters. The third kappa shape index (κ3) is 6.33. The Balaban J connectivity index is 2.01. The molecule has 3 N–H and O–H groups in total. The molecule has 0 atom stereocenters. The quantitative estimate of drug-likeness (QED) is 0.379. The summed E-state index contributed by atoms with van der Waals surface area (Å²) < 4.78 is 101. The molecule has 2 aromatic carbocycles. The molecule has 3 aromatic rings. The summed E-state index contributed by atoms with van der Waals surface area (Å²) in [6.07, 6.45) is -9.19. The number of nitrogens with two attached hydrogens (primary N) is 1. The zero-order valence-corrected chi connectivity index (χ0v) is 18.1. The second-order valence-electron chi connectivity index (χ2n) is 6.79. The van der Waals surface area contributed by atoms with E-state index in [-0.39, 0.29) is 17.1 Å². The first kappa shape index (κ1) is 26.5. The number of pyridine rings is 1. The first-order chi connectivity index (χ1) is 16.7. The molecule has 0 saturated carbocycles. The van der Waals surface area contributed by atoms with Crippen LogP contribution >= 0.6 is 11.6 Å². The Bertz CT molecular complexity index is 1330. The molecule has 15 heteroatoms. The van der Waals surface area contributed by atoms with Crippen LogP contribution in [0.3, 0.4) is 0 Å². The van der Waals surface area contributed by atoms with Crippen molar-refractivity contribution in [2.24, 2.45) is 5.73 Å². The number of carbonyl (C=O) groups is 2. The number of alkyl halides is 6. The van der Waals surface area contributed by atoms with Crippen molar-refractivity contribution in [2.75, 3.05) is 5.32 Å². The van der Waals surface area contributed by atoms with E-state index < -0.39 is 57.8 Å². The van der Waals surface area contributed by atoms with Crippen LogP contribution in [0, 0.1) is 5.82 Å². The van der Waals surface area contributed by atoms with Gasteiger partial charge >= 0.3 is 12.5 Å². The molecule has 0 saturated heterocycles. The first-order valence-corrected chi connectivity index (χ1v) is 9.73. The van der Waals surface area contributed by atoms with Crippen LogP contribution in [0.2, 0.25) is 5.02 Å². The van der Waals surface area contributed by atoms with Gasteiger partial charge in [-0.25, -0.2) is 4.39 Å². The maximum Gasteiger partial charge on any atom is 0.573 e. The summed E-state index contributed by atoms with van der Waals surface area (Å²) in [4.78, 5) is 27.7. The number of amides is 2. The van der Waals surface area contributed by atoms with Crippen LogP contribution in [0.15, 0.2) is 48.7 Å². The Morgan fingerprint density at radius 1 is 0.972 bits per heavy atom. The third-order valence-electron chi connectivity index (χ3n) is 4.26. The Kier molecular flexibility index (Phi) is 7.29. The van der Waals surface area contributed by atoms with Crippen LogP contribution in [-0.2, 0) is 6.18 Å². The van der Waals surface area contributed by atoms with Gasteiger partial charge in [-0.15, -0.1) is 13.2 Å². The van der Waals surface area contributed by atoms with E-state index in [1.807, 2.05) is 0 Å². The van der Waals surface area contributed by atoms with E-state index in [9.17, 15) is 40.3 Å². The Hall–Kier alpha value is -4.07. The number of ether oxygens (including phenoxy) is 2. The van der Waals surface area contributed by atoms with Crippen LogP contribution in [0.25, 0.3) is 0 Å². The molecule has 0 aliphatic carbocycles. The van der Waals surface area contributed by atoms with E-state index in [4.69, 9.17) is 22.1 Å². The maximum absolute atomic E-state index is 14.9. The zero-order chi connectivity index (χ0) is 26.8. The van der Waals surface area contributed by atoms with Gasteiger partial charge in [0.1, 0.15) is 28.5 Å². The van der Waals surface area contributed by atoms with E-state index in [1.165, 1.54) is 0 Å². The Morgan fingerprint density at radius 2 is 1.64 bits per heavy atom. The summed E-state index contributed by atoms with van der Waals surface area (Å²) >= 11 is 5.72. The van der Waals surface area contributed by atoms with Crippen molar-refractivity contribution in [1.82, 2.24) is 4.98 Å². The predicted octanol–water partition coefficient (Wildman–Crippen LogP) is 5.94. The summed E-state index contributed by atoms with van der Waals surface area (Å²) in [6, 6.07) is 5.53. The molecule has 1 aromatic heterocycles. The SMILES string of the molecule is NC(=O)c1cc(NC(=O)c2c(Oc3ccc(OC(F)(F)F)c(Cl)c3)ccc(C(F)(F)F)c2F)ccn1. The Labute approximate surface area is 201 Å². The number of anilines is 1. The minimum absolute atomic E-state index is 0.164. The minimum Gasteiger partial charge on any atom is -0.456 e. The Morgan fingerprint density at radius 3 is 2.22 bits per heavy atom. The largest absolute Gasteiger partial charge is 0.573 e. The van der Waals surface area contributed by atoms with Crippen LogP contribution in [0.5, 0.6) is 17.2 Å². The average Bonchev–Trinajstić information content (AvgIpc) is 2.74. The van der Waals surface area contributed by atoms with E-state index >= 15 is 0 Å². The monoisotopic (exact) mass is 537 g/mol. The summed E-state index contributed by atoms with van der Waals surface area (Å²) in [5, 5.41) is 1.50. The van der Waals surface area contributed by atoms with Crippen molar-refractivity contribution in [1.29, 1.82) is 0 Å². The van der Waals surface area contributed by atoms with Crippen molar-refractivity contribution in [3.8, 4) is 17.2 Å². The minimum atomic E-state index is -5.19. The number of hydrogen-bond donors (Lipinski definition) is 2.